The first-order valence-corrected chi connectivity index (χ1v) is 9.82. The van der Waals surface area contributed by atoms with E-state index in [1.165, 1.54) is 0 Å². The fourth-order valence-electron chi connectivity index (χ4n) is 3.18. The number of ether oxygens (including phenoxy) is 1. The average Bonchev–Trinajstić information content (AvgIpc) is 3.16. The maximum absolute atomic E-state index is 12.9. The number of methoxy groups -OCH3 is 1. The fraction of sp³-hybridized carbons (Fsp3) is 0.391. The van der Waals surface area contributed by atoms with Crippen molar-refractivity contribution < 1.29 is 14.4 Å². The third kappa shape index (κ3) is 5.98. The predicted molar refractivity (Wildman–Crippen MR) is 114 cm³/mol. The van der Waals surface area contributed by atoms with Crippen LogP contribution in [-0.4, -0.2) is 41.9 Å². The first-order chi connectivity index (χ1) is 13.8. The molecule has 1 aliphatic rings. The van der Waals surface area contributed by atoms with Crippen LogP contribution in [-0.2, 0) is 11.4 Å². The molecule has 1 unspecified atom stereocenters. The van der Waals surface area contributed by atoms with Gasteiger partial charge in [0.2, 0.25) is 0 Å². The lowest BCUT2D eigenvalue weighted by atomic mass is 10.0. The summed E-state index contributed by atoms with van der Waals surface area (Å²) in [5.74, 6) is 0.769. The number of rotatable bonds is 6. The topological polar surface area (TPSA) is 63.2 Å². The molecule has 0 aromatic heterocycles. The van der Waals surface area contributed by atoms with Gasteiger partial charge in [-0.2, -0.15) is 0 Å². The van der Waals surface area contributed by atoms with E-state index in [4.69, 9.17) is 9.57 Å². The van der Waals surface area contributed by atoms with Crippen LogP contribution in [0.25, 0.3) is 0 Å². The van der Waals surface area contributed by atoms with Crippen molar-refractivity contribution in [1.82, 2.24) is 10.2 Å². The number of amides is 2. The Morgan fingerprint density at radius 2 is 1.97 bits per heavy atom. The summed E-state index contributed by atoms with van der Waals surface area (Å²) in [6.45, 7) is 6.81. The number of hydrogen-bond acceptors (Lipinski definition) is 4. The summed E-state index contributed by atoms with van der Waals surface area (Å²) < 4.78 is 5.31. The molecule has 6 heteroatoms. The number of urea groups is 1. The van der Waals surface area contributed by atoms with E-state index in [-0.39, 0.29) is 17.7 Å². The third-order valence-electron chi connectivity index (χ3n) is 4.54. The van der Waals surface area contributed by atoms with Crippen LogP contribution in [0, 0.1) is 0 Å². The Morgan fingerprint density at radius 1 is 1.21 bits per heavy atom. The third-order valence-corrected chi connectivity index (χ3v) is 4.54. The van der Waals surface area contributed by atoms with Crippen molar-refractivity contribution in [2.45, 2.75) is 45.4 Å². The molecule has 3 rings (SSSR count). The van der Waals surface area contributed by atoms with E-state index in [2.05, 4.69) is 10.5 Å². The molecule has 1 atom stereocenters. The van der Waals surface area contributed by atoms with Crippen LogP contribution in [0.3, 0.4) is 0 Å². The Labute approximate surface area is 172 Å². The Morgan fingerprint density at radius 3 is 2.66 bits per heavy atom. The molecule has 1 N–H and O–H groups in total. The number of carbonyl (C=O) groups is 1. The van der Waals surface area contributed by atoms with Gasteiger partial charge in [0.05, 0.1) is 19.4 Å². The van der Waals surface area contributed by atoms with E-state index < -0.39 is 0 Å². The summed E-state index contributed by atoms with van der Waals surface area (Å²) in [5.41, 5.74) is 2.63. The molecule has 6 nitrogen and oxygen atoms in total. The molecule has 0 saturated carbocycles. The molecule has 2 aromatic rings. The lowest BCUT2D eigenvalue weighted by Gasteiger charge is -2.29. The maximum Gasteiger partial charge on any atom is 0.318 e. The van der Waals surface area contributed by atoms with Gasteiger partial charge in [0.15, 0.2) is 6.10 Å². The van der Waals surface area contributed by atoms with Gasteiger partial charge in [-0.3, -0.25) is 0 Å². The summed E-state index contributed by atoms with van der Waals surface area (Å²) >= 11 is 0. The monoisotopic (exact) mass is 395 g/mol. The van der Waals surface area contributed by atoms with Crippen LogP contribution in [0.15, 0.2) is 59.8 Å². The van der Waals surface area contributed by atoms with E-state index in [9.17, 15) is 4.79 Å². The van der Waals surface area contributed by atoms with Gasteiger partial charge in [0.1, 0.15) is 5.75 Å². The SMILES string of the molecule is COc1cccc(CN(CC2CC(c3ccccc3)=NO2)C(=O)NC(C)(C)C)c1. The van der Waals surface area contributed by atoms with Crippen LogP contribution < -0.4 is 10.1 Å². The highest BCUT2D eigenvalue weighted by molar-refractivity contribution is 6.01. The van der Waals surface area contributed by atoms with Gasteiger partial charge in [-0.25, -0.2) is 4.79 Å². The number of oxime groups is 1. The molecule has 154 valence electrons. The molecule has 1 heterocycles. The Kier molecular flexibility index (Phi) is 6.42. The molecule has 0 spiro atoms. The van der Waals surface area contributed by atoms with Crippen LogP contribution in [0.4, 0.5) is 4.79 Å². The van der Waals surface area contributed by atoms with E-state index in [1.807, 2.05) is 75.4 Å². The Balaban J connectivity index is 1.70. The molecule has 1 aliphatic heterocycles. The zero-order valence-corrected chi connectivity index (χ0v) is 17.5. The summed E-state index contributed by atoms with van der Waals surface area (Å²) in [5, 5.41) is 7.29. The summed E-state index contributed by atoms with van der Waals surface area (Å²) in [4.78, 5) is 20.4. The molecule has 0 radical (unpaired) electrons. The van der Waals surface area contributed by atoms with Crippen LogP contribution in [0.5, 0.6) is 5.75 Å². The number of carbonyl (C=O) groups excluding carboxylic acids is 1. The van der Waals surface area contributed by atoms with Crippen LogP contribution >= 0.6 is 0 Å². The average molecular weight is 396 g/mol. The molecule has 2 amide bonds. The van der Waals surface area contributed by atoms with Gasteiger partial charge in [0.25, 0.3) is 0 Å². The zero-order valence-electron chi connectivity index (χ0n) is 17.5. The highest BCUT2D eigenvalue weighted by Crippen LogP contribution is 2.20. The molecular weight excluding hydrogens is 366 g/mol. The summed E-state index contributed by atoms with van der Waals surface area (Å²) in [6.07, 6.45) is 0.489. The highest BCUT2D eigenvalue weighted by atomic mass is 16.6. The number of nitrogens with zero attached hydrogens (tertiary/aromatic N) is 2. The smallest absolute Gasteiger partial charge is 0.318 e. The largest absolute Gasteiger partial charge is 0.497 e. The van der Waals surface area contributed by atoms with Crippen molar-refractivity contribution in [3.63, 3.8) is 0 Å². The van der Waals surface area contributed by atoms with E-state index in [0.29, 0.717) is 19.5 Å². The van der Waals surface area contributed by atoms with Gasteiger partial charge in [-0.15, -0.1) is 0 Å². The second kappa shape index (κ2) is 8.99. The summed E-state index contributed by atoms with van der Waals surface area (Å²) in [6, 6.07) is 17.6. The molecule has 0 aliphatic carbocycles. The first-order valence-electron chi connectivity index (χ1n) is 9.82. The lowest BCUT2D eigenvalue weighted by molar-refractivity contribution is 0.0580. The van der Waals surface area contributed by atoms with E-state index in [0.717, 1.165) is 22.6 Å². The highest BCUT2D eigenvalue weighted by Gasteiger charge is 2.28. The first kappa shape index (κ1) is 20.7. The molecule has 0 fully saturated rings. The van der Waals surface area contributed by atoms with E-state index >= 15 is 0 Å². The van der Waals surface area contributed by atoms with Crippen molar-refractivity contribution in [2.75, 3.05) is 13.7 Å². The molecule has 0 saturated heterocycles. The Bertz CT molecular complexity index is 859. The Hall–Kier alpha value is -3.02. The van der Waals surface area contributed by atoms with Gasteiger partial charge in [-0.05, 0) is 44.0 Å². The number of benzene rings is 2. The lowest BCUT2D eigenvalue weighted by Crippen LogP contribution is -2.50. The molecule has 2 aromatic carbocycles. The minimum atomic E-state index is -0.327. The standard InChI is InChI=1S/C23H29N3O3/c1-23(2,3)24-22(27)26(15-17-9-8-12-19(13-17)28-4)16-20-14-21(25-29-20)18-10-6-5-7-11-18/h5-13,20H,14-16H2,1-4H3,(H,24,27). The van der Waals surface area contributed by atoms with Gasteiger partial charge < -0.3 is 19.8 Å². The number of hydrogen-bond donors (Lipinski definition) is 1. The minimum Gasteiger partial charge on any atom is -0.497 e. The van der Waals surface area contributed by atoms with Crippen molar-refractivity contribution in [3.8, 4) is 5.75 Å². The molecule has 29 heavy (non-hydrogen) atoms. The number of nitrogens with one attached hydrogen (secondary N) is 1. The second-order valence-corrected chi connectivity index (χ2v) is 8.25. The quantitative estimate of drug-likeness (QED) is 0.797. The minimum absolute atomic E-state index is 0.128. The van der Waals surface area contributed by atoms with E-state index in [1.54, 1.807) is 12.0 Å². The van der Waals surface area contributed by atoms with Crippen molar-refractivity contribution in [3.05, 3.63) is 65.7 Å². The second-order valence-electron chi connectivity index (χ2n) is 8.25. The van der Waals surface area contributed by atoms with Crippen molar-refractivity contribution in [2.24, 2.45) is 5.16 Å². The molecule has 0 bridgehead atoms. The van der Waals surface area contributed by atoms with Gasteiger partial charge in [0, 0.05) is 18.5 Å². The van der Waals surface area contributed by atoms with Crippen molar-refractivity contribution in [1.29, 1.82) is 0 Å². The van der Waals surface area contributed by atoms with Crippen LogP contribution in [0.1, 0.15) is 38.3 Å². The maximum atomic E-state index is 12.9. The normalized spacial score (nSPS) is 16.0. The van der Waals surface area contributed by atoms with Gasteiger partial charge in [-0.1, -0.05) is 47.6 Å². The van der Waals surface area contributed by atoms with Crippen LogP contribution in [0.2, 0.25) is 0 Å². The predicted octanol–water partition coefficient (Wildman–Crippen LogP) is 4.20. The van der Waals surface area contributed by atoms with Gasteiger partial charge >= 0.3 is 6.03 Å². The molecular formula is C23H29N3O3. The zero-order chi connectivity index (χ0) is 20.9. The summed E-state index contributed by atoms with van der Waals surface area (Å²) in [7, 11) is 1.64. The van der Waals surface area contributed by atoms with Crippen molar-refractivity contribution >= 4 is 11.7 Å². The fourth-order valence-corrected chi connectivity index (χ4v) is 3.18.